The first-order valence-corrected chi connectivity index (χ1v) is 8.82. The van der Waals surface area contributed by atoms with Gasteiger partial charge in [0.1, 0.15) is 0 Å². The number of phenols is 2. The maximum atomic E-state index is 12.8. The van der Waals surface area contributed by atoms with E-state index in [1.165, 1.54) is 0 Å². The van der Waals surface area contributed by atoms with Gasteiger partial charge in [0.25, 0.3) is 0 Å². The van der Waals surface area contributed by atoms with Crippen LogP contribution in [0.25, 0.3) is 0 Å². The van der Waals surface area contributed by atoms with Crippen LogP contribution in [-0.2, 0) is 5.41 Å². The zero-order valence-electron chi connectivity index (χ0n) is 15.2. The second-order valence-corrected chi connectivity index (χ2v) is 8.71. The fraction of sp³-hybridized carbons (Fsp3) is 0.650. The van der Waals surface area contributed by atoms with Gasteiger partial charge in [-0.1, -0.05) is 34.6 Å². The monoisotopic (exact) mass is 332 g/mol. The lowest BCUT2D eigenvalue weighted by atomic mass is 9.49. The standard InChI is InChI=1S/C20H28O4/c1-10(2)11-8-12-13(21)9-14-19(3,4)15(22)6-7-20(14,5)16(12)18(24)17(11)23/h8,10,14-15,22-24H,6-7,9H2,1-5H3/t14-,15-,20-/m0/s1. The van der Waals surface area contributed by atoms with Crippen LogP contribution in [0.3, 0.4) is 0 Å². The van der Waals surface area contributed by atoms with Gasteiger partial charge in [0, 0.05) is 28.5 Å². The highest BCUT2D eigenvalue weighted by atomic mass is 16.3. The molecule has 3 N–H and O–H groups in total. The van der Waals surface area contributed by atoms with E-state index in [0.717, 1.165) is 0 Å². The summed E-state index contributed by atoms with van der Waals surface area (Å²) in [6.45, 7) is 9.91. The van der Waals surface area contributed by atoms with Crippen LogP contribution >= 0.6 is 0 Å². The third kappa shape index (κ3) is 2.12. The van der Waals surface area contributed by atoms with Crippen molar-refractivity contribution in [1.82, 2.24) is 0 Å². The number of hydrogen-bond donors (Lipinski definition) is 3. The quantitative estimate of drug-likeness (QED) is 0.682. The maximum absolute atomic E-state index is 12.8. The SMILES string of the molecule is CC(C)c1cc2c(c(O)c1O)[C@@]1(C)CC[C@H](O)C(C)(C)[C@@H]1CC2=O. The minimum absolute atomic E-state index is 0.00755. The second-order valence-electron chi connectivity index (χ2n) is 8.71. The Morgan fingerprint density at radius 1 is 1.17 bits per heavy atom. The van der Waals surface area contributed by atoms with E-state index in [9.17, 15) is 20.1 Å². The van der Waals surface area contributed by atoms with Gasteiger partial charge >= 0.3 is 0 Å². The molecule has 2 aliphatic carbocycles. The van der Waals surface area contributed by atoms with Crippen molar-refractivity contribution in [2.75, 3.05) is 0 Å². The van der Waals surface area contributed by atoms with Crippen molar-refractivity contribution in [3.63, 3.8) is 0 Å². The molecule has 1 aromatic carbocycles. The summed E-state index contributed by atoms with van der Waals surface area (Å²) >= 11 is 0. The molecule has 132 valence electrons. The zero-order chi connectivity index (χ0) is 18.0. The summed E-state index contributed by atoms with van der Waals surface area (Å²) < 4.78 is 0. The lowest BCUT2D eigenvalue weighted by Crippen LogP contribution is -2.54. The molecule has 1 saturated carbocycles. The van der Waals surface area contributed by atoms with Gasteiger partial charge in [-0.25, -0.2) is 0 Å². The molecule has 0 bridgehead atoms. The Labute approximate surface area is 143 Å². The fourth-order valence-electron chi connectivity index (χ4n) is 5.04. The van der Waals surface area contributed by atoms with Crippen LogP contribution in [0.4, 0.5) is 0 Å². The molecule has 2 aliphatic rings. The molecule has 0 heterocycles. The molecule has 3 atom stereocenters. The van der Waals surface area contributed by atoms with Gasteiger partial charge in [-0.05, 0) is 36.2 Å². The van der Waals surface area contributed by atoms with Crippen molar-refractivity contribution >= 4 is 5.78 Å². The Balaban J connectivity index is 2.28. The van der Waals surface area contributed by atoms with E-state index in [1.54, 1.807) is 6.07 Å². The number of aromatic hydroxyl groups is 2. The number of fused-ring (bicyclic) bond motifs is 3. The molecule has 1 fully saturated rings. The van der Waals surface area contributed by atoms with Crippen LogP contribution < -0.4 is 0 Å². The van der Waals surface area contributed by atoms with Crippen molar-refractivity contribution in [3.05, 3.63) is 22.8 Å². The molecule has 4 nitrogen and oxygen atoms in total. The van der Waals surface area contributed by atoms with Crippen molar-refractivity contribution in [2.24, 2.45) is 11.3 Å². The summed E-state index contributed by atoms with van der Waals surface area (Å²) in [4.78, 5) is 12.8. The van der Waals surface area contributed by atoms with Crippen LogP contribution in [0.15, 0.2) is 6.07 Å². The molecular weight excluding hydrogens is 304 g/mol. The number of aliphatic hydroxyl groups excluding tert-OH is 1. The Bertz CT molecular complexity index is 704. The number of ketones is 1. The van der Waals surface area contributed by atoms with Gasteiger partial charge in [-0.2, -0.15) is 0 Å². The molecule has 1 aromatic rings. The van der Waals surface area contributed by atoms with Gasteiger partial charge in [-0.15, -0.1) is 0 Å². The van der Waals surface area contributed by atoms with E-state index in [1.807, 2.05) is 27.7 Å². The van der Waals surface area contributed by atoms with Crippen molar-refractivity contribution in [2.45, 2.75) is 71.3 Å². The van der Waals surface area contributed by atoms with E-state index in [0.29, 0.717) is 36.0 Å². The molecule has 0 aromatic heterocycles. The fourth-order valence-corrected chi connectivity index (χ4v) is 5.04. The van der Waals surface area contributed by atoms with Crippen molar-refractivity contribution < 1.29 is 20.1 Å². The summed E-state index contributed by atoms with van der Waals surface area (Å²) in [7, 11) is 0. The molecule has 3 rings (SSSR count). The number of benzene rings is 1. The van der Waals surface area contributed by atoms with E-state index < -0.39 is 16.9 Å². The van der Waals surface area contributed by atoms with E-state index in [4.69, 9.17) is 0 Å². The van der Waals surface area contributed by atoms with Gasteiger partial charge in [0.05, 0.1) is 6.10 Å². The van der Waals surface area contributed by atoms with Gasteiger partial charge < -0.3 is 15.3 Å². The Morgan fingerprint density at radius 3 is 2.38 bits per heavy atom. The molecule has 4 heteroatoms. The number of aliphatic hydroxyl groups is 1. The third-order valence-electron chi connectivity index (χ3n) is 6.65. The maximum Gasteiger partial charge on any atom is 0.163 e. The summed E-state index contributed by atoms with van der Waals surface area (Å²) in [6, 6.07) is 1.76. The number of carbonyl (C=O) groups excluding carboxylic acids is 1. The topological polar surface area (TPSA) is 77.8 Å². The van der Waals surface area contributed by atoms with Crippen molar-refractivity contribution in [1.29, 1.82) is 0 Å². The molecule has 0 saturated heterocycles. The van der Waals surface area contributed by atoms with E-state index >= 15 is 0 Å². The van der Waals surface area contributed by atoms with Crippen molar-refractivity contribution in [3.8, 4) is 11.5 Å². The number of phenolic OH excluding ortho intramolecular Hbond substituents is 2. The van der Waals surface area contributed by atoms with Crippen LogP contribution in [0.1, 0.15) is 81.3 Å². The first-order chi connectivity index (χ1) is 11.0. The summed E-state index contributed by atoms with van der Waals surface area (Å²) in [5, 5.41) is 31.7. The predicted molar refractivity (Wildman–Crippen MR) is 92.7 cm³/mol. The minimum atomic E-state index is -0.462. The lowest BCUT2D eigenvalue weighted by molar-refractivity contribution is -0.0692. The largest absolute Gasteiger partial charge is 0.504 e. The Kier molecular flexibility index (Phi) is 3.76. The van der Waals surface area contributed by atoms with Crippen LogP contribution in [0.2, 0.25) is 0 Å². The second kappa shape index (κ2) is 5.22. The Hall–Kier alpha value is -1.55. The number of Topliss-reactive ketones (excluding diaryl/α,β-unsaturated/α-hetero) is 1. The molecule has 0 amide bonds. The molecule has 0 unspecified atom stereocenters. The molecule has 24 heavy (non-hydrogen) atoms. The molecule has 0 radical (unpaired) electrons. The normalized spacial score (nSPS) is 31.7. The molecular formula is C20H28O4. The zero-order valence-corrected chi connectivity index (χ0v) is 15.2. The van der Waals surface area contributed by atoms with Crippen LogP contribution in [-0.4, -0.2) is 27.2 Å². The minimum Gasteiger partial charge on any atom is -0.504 e. The summed E-state index contributed by atoms with van der Waals surface area (Å²) in [6.07, 6.45) is 1.22. The third-order valence-corrected chi connectivity index (χ3v) is 6.65. The van der Waals surface area contributed by atoms with E-state index in [2.05, 4.69) is 6.92 Å². The van der Waals surface area contributed by atoms with Gasteiger partial charge in [0.2, 0.25) is 0 Å². The Morgan fingerprint density at radius 2 is 1.79 bits per heavy atom. The highest BCUT2D eigenvalue weighted by Gasteiger charge is 2.56. The number of rotatable bonds is 1. The van der Waals surface area contributed by atoms with Gasteiger partial charge in [0.15, 0.2) is 17.3 Å². The predicted octanol–water partition coefficient (Wildman–Crippen LogP) is 3.86. The first kappa shape index (κ1) is 17.3. The molecule has 0 aliphatic heterocycles. The summed E-state index contributed by atoms with van der Waals surface area (Å²) in [5.41, 5.74) is 0.879. The first-order valence-electron chi connectivity index (χ1n) is 8.82. The highest BCUT2D eigenvalue weighted by Crippen LogP contribution is 2.60. The highest BCUT2D eigenvalue weighted by molar-refractivity contribution is 6.01. The average Bonchev–Trinajstić information content (AvgIpc) is 2.49. The average molecular weight is 332 g/mol. The lowest BCUT2D eigenvalue weighted by Gasteiger charge is -2.55. The summed E-state index contributed by atoms with van der Waals surface area (Å²) in [5.74, 6) is -0.314. The van der Waals surface area contributed by atoms with Crippen LogP contribution in [0, 0.1) is 11.3 Å². The molecule has 0 spiro atoms. The van der Waals surface area contributed by atoms with E-state index in [-0.39, 0.29) is 29.1 Å². The number of hydrogen-bond acceptors (Lipinski definition) is 4. The van der Waals surface area contributed by atoms with Gasteiger partial charge in [-0.3, -0.25) is 4.79 Å². The smallest absolute Gasteiger partial charge is 0.163 e. The number of carbonyl (C=O) groups is 1. The van der Waals surface area contributed by atoms with Crippen LogP contribution in [0.5, 0.6) is 11.5 Å².